The Morgan fingerprint density at radius 3 is 2.38 bits per heavy atom. The van der Waals surface area contributed by atoms with E-state index < -0.39 is 15.9 Å². The summed E-state index contributed by atoms with van der Waals surface area (Å²) in [6.07, 6.45) is 0. The van der Waals surface area contributed by atoms with Crippen LogP contribution in [0.4, 0.5) is 0 Å². The van der Waals surface area contributed by atoms with Gasteiger partial charge in [0.15, 0.2) is 0 Å². The molecule has 0 aromatic heterocycles. The number of thioether (sulfide) groups is 1. The summed E-state index contributed by atoms with van der Waals surface area (Å²) in [7, 11) is -3.79. The molecule has 0 bridgehead atoms. The Labute approximate surface area is 150 Å². The highest BCUT2D eigenvalue weighted by molar-refractivity contribution is 8.00. The van der Waals surface area contributed by atoms with Crippen LogP contribution in [0.2, 0.25) is 5.02 Å². The first-order valence-electron chi connectivity index (χ1n) is 7.04. The Bertz CT molecular complexity index is 837. The van der Waals surface area contributed by atoms with Gasteiger partial charge < -0.3 is 0 Å². The third-order valence-electron chi connectivity index (χ3n) is 3.30. The molecule has 1 amide bonds. The highest BCUT2D eigenvalue weighted by atomic mass is 35.5. The molecule has 128 valence electrons. The summed E-state index contributed by atoms with van der Waals surface area (Å²) >= 11 is 7.07. The molecular formula is C16H17ClN2O3S2. The molecule has 0 atom stereocenters. The average molecular weight is 385 g/mol. The predicted molar refractivity (Wildman–Crippen MR) is 96.6 cm³/mol. The second kappa shape index (κ2) is 8.02. The van der Waals surface area contributed by atoms with Crippen LogP contribution in [0.3, 0.4) is 0 Å². The van der Waals surface area contributed by atoms with Gasteiger partial charge in [0.2, 0.25) is 5.91 Å². The smallest absolute Gasteiger partial charge is 0.257 e. The number of aryl methyl sites for hydroxylation is 2. The largest absolute Gasteiger partial charge is 0.277 e. The van der Waals surface area contributed by atoms with E-state index in [0.29, 0.717) is 5.02 Å². The Morgan fingerprint density at radius 2 is 1.75 bits per heavy atom. The lowest BCUT2D eigenvalue weighted by atomic mass is 10.1. The van der Waals surface area contributed by atoms with E-state index in [1.54, 1.807) is 36.4 Å². The van der Waals surface area contributed by atoms with Crippen molar-refractivity contribution < 1.29 is 13.2 Å². The van der Waals surface area contributed by atoms with Gasteiger partial charge in [0, 0.05) is 9.92 Å². The van der Waals surface area contributed by atoms with Crippen LogP contribution in [-0.4, -0.2) is 20.1 Å². The molecule has 24 heavy (non-hydrogen) atoms. The lowest BCUT2D eigenvalue weighted by Gasteiger charge is -2.10. The number of rotatable bonds is 6. The molecule has 0 saturated carbocycles. The number of hydrogen-bond acceptors (Lipinski definition) is 4. The highest BCUT2D eigenvalue weighted by Gasteiger charge is 2.15. The first kappa shape index (κ1) is 18.8. The number of hydrogen-bond donors (Lipinski definition) is 2. The average Bonchev–Trinajstić information content (AvgIpc) is 2.55. The topological polar surface area (TPSA) is 75.3 Å². The summed E-state index contributed by atoms with van der Waals surface area (Å²) in [5, 5.41) is 0.616. The molecule has 0 aliphatic heterocycles. The Balaban J connectivity index is 1.90. The number of sulfonamides is 1. The number of carbonyl (C=O) groups is 1. The Morgan fingerprint density at radius 1 is 1.08 bits per heavy atom. The standard InChI is InChI=1S/C16H17ClN2O3S2/c1-11-3-8-15(9-12(11)2)24(21,22)19-18-16(20)10-23-14-6-4-13(17)5-7-14/h3-9,19H,10H2,1-2H3,(H,18,20). The zero-order valence-electron chi connectivity index (χ0n) is 13.2. The summed E-state index contributed by atoms with van der Waals surface area (Å²) in [6, 6.07) is 11.8. The van der Waals surface area contributed by atoms with Crippen LogP contribution in [-0.2, 0) is 14.8 Å². The molecule has 0 aliphatic carbocycles. The zero-order chi connectivity index (χ0) is 17.7. The minimum atomic E-state index is -3.79. The molecule has 0 fully saturated rings. The van der Waals surface area contributed by atoms with E-state index >= 15 is 0 Å². The van der Waals surface area contributed by atoms with Crippen molar-refractivity contribution in [3.8, 4) is 0 Å². The molecule has 2 N–H and O–H groups in total. The lowest BCUT2D eigenvalue weighted by molar-refractivity contribution is -0.119. The van der Waals surface area contributed by atoms with E-state index in [1.807, 2.05) is 13.8 Å². The monoisotopic (exact) mass is 384 g/mol. The summed E-state index contributed by atoms with van der Waals surface area (Å²) in [5.74, 6) is -0.362. The second-order valence-corrected chi connectivity index (χ2v) is 8.31. The Hall–Kier alpha value is -1.54. The third-order valence-corrected chi connectivity index (χ3v) is 5.81. The van der Waals surface area contributed by atoms with Gasteiger partial charge >= 0.3 is 0 Å². The number of amides is 1. The van der Waals surface area contributed by atoms with Crippen LogP contribution in [0.25, 0.3) is 0 Å². The van der Waals surface area contributed by atoms with Crippen molar-refractivity contribution in [2.24, 2.45) is 0 Å². The molecular weight excluding hydrogens is 368 g/mol. The normalized spacial score (nSPS) is 11.3. The van der Waals surface area contributed by atoms with Gasteiger partial charge in [-0.05, 0) is 61.4 Å². The van der Waals surface area contributed by atoms with Crippen LogP contribution >= 0.6 is 23.4 Å². The SMILES string of the molecule is Cc1ccc(S(=O)(=O)NNC(=O)CSc2ccc(Cl)cc2)cc1C. The number of hydrazine groups is 1. The predicted octanol–water partition coefficient (Wildman–Crippen LogP) is 3.06. The lowest BCUT2D eigenvalue weighted by Crippen LogP contribution is -2.42. The minimum Gasteiger partial charge on any atom is -0.277 e. The molecule has 2 aromatic carbocycles. The number of benzene rings is 2. The first-order chi connectivity index (χ1) is 11.3. The highest BCUT2D eigenvalue weighted by Crippen LogP contribution is 2.20. The van der Waals surface area contributed by atoms with Gasteiger partial charge in [0.05, 0.1) is 10.6 Å². The maximum absolute atomic E-state index is 12.2. The van der Waals surface area contributed by atoms with Gasteiger partial charge in [-0.15, -0.1) is 16.6 Å². The number of nitrogens with one attached hydrogen (secondary N) is 2. The van der Waals surface area contributed by atoms with E-state index in [1.165, 1.54) is 17.8 Å². The fraction of sp³-hybridized carbons (Fsp3) is 0.188. The molecule has 8 heteroatoms. The summed E-state index contributed by atoms with van der Waals surface area (Å²) in [6.45, 7) is 3.73. The number of halogens is 1. The van der Waals surface area contributed by atoms with Crippen molar-refractivity contribution in [3.05, 3.63) is 58.6 Å². The van der Waals surface area contributed by atoms with Gasteiger partial charge in [-0.2, -0.15) is 0 Å². The molecule has 2 rings (SSSR count). The molecule has 0 aliphatic rings. The van der Waals surface area contributed by atoms with Gasteiger partial charge in [-0.25, -0.2) is 8.42 Å². The quantitative estimate of drug-likeness (QED) is 0.593. The van der Waals surface area contributed by atoms with E-state index in [2.05, 4.69) is 10.3 Å². The zero-order valence-corrected chi connectivity index (χ0v) is 15.6. The fourth-order valence-electron chi connectivity index (χ4n) is 1.78. The van der Waals surface area contributed by atoms with Gasteiger partial charge in [0.1, 0.15) is 0 Å². The van der Waals surface area contributed by atoms with E-state index in [9.17, 15) is 13.2 Å². The van der Waals surface area contributed by atoms with E-state index in [4.69, 9.17) is 11.6 Å². The molecule has 0 radical (unpaired) electrons. The van der Waals surface area contributed by atoms with Crippen molar-refractivity contribution in [1.82, 2.24) is 10.3 Å². The maximum atomic E-state index is 12.2. The summed E-state index contributed by atoms with van der Waals surface area (Å²) < 4.78 is 24.3. The first-order valence-corrected chi connectivity index (χ1v) is 9.89. The molecule has 0 heterocycles. The maximum Gasteiger partial charge on any atom is 0.257 e. The molecule has 2 aromatic rings. The van der Waals surface area contributed by atoms with E-state index in [-0.39, 0.29) is 10.6 Å². The van der Waals surface area contributed by atoms with Crippen molar-refractivity contribution >= 4 is 39.3 Å². The van der Waals surface area contributed by atoms with Crippen LogP contribution in [0.1, 0.15) is 11.1 Å². The van der Waals surface area contributed by atoms with Crippen LogP contribution < -0.4 is 10.3 Å². The van der Waals surface area contributed by atoms with Gasteiger partial charge in [-0.3, -0.25) is 10.2 Å². The van der Waals surface area contributed by atoms with Crippen molar-refractivity contribution in [3.63, 3.8) is 0 Å². The van der Waals surface area contributed by atoms with E-state index in [0.717, 1.165) is 16.0 Å². The minimum absolute atomic E-state index is 0.0804. The summed E-state index contributed by atoms with van der Waals surface area (Å²) in [5.41, 5.74) is 4.07. The second-order valence-electron chi connectivity index (χ2n) is 5.14. The van der Waals surface area contributed by atoms with Gasteiger partial charge in [-0.1, -0.05) is 17.7 Å². The molecule has 0 unspecified atom stereocenters. The third kappa shape index (κ3) is 5.24. The fourth-order valence-corrected chi connectivity index (χ4v) is 3.55. The molecule has 0 saturated heterocycles. The Kier molecular flexibility index (Phi) is 6.28. The van der Waals surface area contributed by atoms with Crippen molar-refractivity contribution in [2.45, 2.75) is 23.6 Å². The van der Waals surface area contributed by atoms with Crippen molar-refractivity contribution in [1.29, 1.82) is 0 Å². The molecule has 0 spiro atoms. The van der Waals surface area contributed by atoms with Gasteiger partial charge in [0.25, 0.3) is 10.0 Å². The van der Waals surface area contributed by atoms with Crippen LogP contribution in [0.15, 0.2) is 52.3 Å². The summed E-state index contributed by atoms with van der Waals surface area (Å²) in [4.78, 5) is 14.9. The molecule has 5 nitrogen and oxygen atoms in total. The van der Waals surface area contributed by atoms with Crippen molar-refractivity contribution in [2.75, 3.05) is 5.75 Å². The number of carbonyl (C=O) groups excluding carboxylic acids is 1. The van der Waals surface area contributed by atoms with Crippen LogP contribution in [0.5, 0.6) is 0 Å². The van der Waals surface area contributed by atoms with Crippen LogP contribution in [0, 0.1) is 13.8 Å².